The number of rotatable bonds is 14. The minimum atomic E-state index is -1.09. The van der Waals surface area contributed by atoms with Gasteiger partial charge in [0.2, 0.25) is 0 Å². The molecule has 0 aliphatic carbocycles. The number of carboxylic acid groups (broad SMARTS) is 1. The summed E-state index contributed by atoms with van der Waals surface area (Å²) in [4.78, 5) is 44.1. The molecular formula is C37H35NO9. The molecular weight excluding hydrogens is 602 g/mol. The standard InChI is InChI=1S/C37H35NO9/c39-32(40)20-30-33(43-21-25-12-4-1-5-13-25)35(45-23-27-16-8-3-9-17-27)34(44-22-26-14-6-2-7-15-26)31(47-30)24-46-38-36(41)28-18-10-11-19-29(28)37(38)42/h1-19,30-31,33-35H,20-24H2,(H,39,40)/t30-,31-,33+,34-,35-/m1/s1. The first-order chi connectivity index (χ1) is 23.0. The van der Waals surface area contributed by atoms with Crippen molar-refractivity contribution in [2.45, 2.75) is 56.8 Å². The first kappa shape index (κ1) is 32.2. The van der Waals surface area contributed by atoms with Gasteiger partial charge in [-0.3, -0.25) is 19.2 Å². The third-order valence-electron chi connectivity index (χ3n) is 8.09. The Morgan fingerprint density at radius 1 is 0.596 bits per heavy atom. The maximum Gasteiger partial charge on any atom is 0.306 e. The Morgan fingerprint density at radius 2 is 1.00 bits per heavy atom. The Balaban J connectivity index is 1.30. The SMILES string of the molecule is O=C(O)C[C@H]1O[C@H](CON2C(=O)c3ccccc3C2=O)[C@@H](OCc2ccccc2)[C@H](OCc2ccccc2)[C@H]1OCc1ccccc1. The number of hydroxylamine groups is 2. The minimum Gasteiger partial charge on any atom is -0.481 e. The lowest BCUT2D eigenvalue weighted by Crippen LogP contribution is -2.61. The first-order valence-corrected chi connectivity index (χ1v) is 15.4. The number of amides is 2. The highest BCUT2D eigenvalue weighted by molar-refractivity contribution is 6.20. The zero-order valence-electron chi connectivity index (χ0n) is 25.6. The minimum absolute atomic E-state index is 0.178. The summed E-state index contributed by atoms with van der Waals surface area (Å²) in [7, 11) is 0. The summed E-state index contributed by atoms with van der Waals surface area (Å²) in [6, 6.07) is 35.1. The second-order valence-corrected chi connectivity index (χ2v) is 11.3. The number of aliphatic carboxylic acids is 1. The number of nitrogens with zero attached hydrogens (tertiary/aromatic N) is 1. The van der Waals surface area contributed by atoms with Gasteiger partial charge in [-0.05, 0) is 28.8 Å². The van der Waals surface area contributed by atoms with Gasteiger partial charge in [-0.15, -0.1) is 5.06 Å². The van der Waals surface area contributed by atoms with Crippen molar-refractivity contribution < 1.29 is 43.3 Å². The lowest BCUT2D eigenvalue weighted by molar-refractivity contribution is -0.280. The Morgan fingerprint density at radius 3 is 1.45 bits per heavy atom. The van der Waals surface area contributed by atoms with Crippen molar-refractivity contribution >= 4 is 17.8 Å². The zero-order valence-corrected chi connectivity index (χ0v) is 25.6. The van der Waals surface area contributed by atoms with Crippen molar-refractivity contribution in [3.8, 4) is 0 Å². The quantitative estimate of drug-likeness (QED) is 0.186. The predicted molar refractivity (Wildman–Crippen MR) is 169 cm³/mol. The molecule has 5 atom stereocenters. The van der Waals surface area contributed by atoms with Crippen LogP contribution < -0.4 is 0 Å². The average molecular weight is 638 g/mol. The first-order valence-electron chi connectivity index (χ1n) is 15.4. The van der Waals surface area contributed by atoms with E-state index in [2.05, 4.69) is 0 Å². The fourth-order valence-electron chi connectivity index (χ4n) is 5.79. The van der Waals surface area contributed by atoms with E-state index in [4.69, 9.17) is 23.8 Å². The molecule has 0 bridgehead atoms. The van der Waals surface area contributed by atoms with E-state index in [0.29, 0.717) is 5.06 Å². The van der Waals surface area contributed by atoms with Crippen molar-refractivity contribution in [3.63, 3.8) is 0 Å². The Labute approximate surface area is 272 Å². The van der Waals surface area contributed by atoms with Gasteiger partial charge >= 0.3 is 5.97 Å². The predicted octanol–water partition coefficient (Wildman–Crippen LogP) is 5.21. The zero-order chi connectivity index (χ0) is 32.6. The molecule has 47 heavy (non-hydrogen) atoms. The topological polar surface area (TPSA) is 121 Å². The van der Waals surface area contributed by atoms with Crippen molar-refractivity contribution in [2.75, 3.05) is 6.61 Å². The van der Waals surface area contributed by atoms with Crippen LogP contribution >= 0.6 is 0 Å². The number of hydrogen-bond donors (Lipinski definition) is 1. The van der Waals surface area contributed by atoms with E-state index >= 15 is 0 Å². The summed E-state index contributed by atoms with van der Waals surface area (Å²) >= 11 is 0. The summed E-state index contributed by atoms with van der Waals surface area (Å²) < 4.78 is 25.9. The van der Waals surface area contributed by atoms with E-state index in [9.17, 15) is 19.5 Å². The molecule has 2 amide bonds. The van der Waals surface area contributed by atoms with Crippen LogP contribution in [0, 0.1) is 0 Å². The van der Waals surface area contributed by atoms with Gasteiger partial charge in [0, 0.05) is 0 Å². The van der Waals surface area contributed by atoms with Crippen LogP contribution in [0.3, 0.4) is 0 Å². The van der Waals surface area contributed by atoms with E-state index < -0.39 is 48.3 Å². The van der Waals surface area contributed by atoms with Gasteiger partial charge in [0.05, 0.1) is 43.5 Å². The van der Waals surface area contributed by atoms with Crippen LogP contribution in [0.5, 0.6) is 0 Å². The number of benzene rings is 4. The van der Waals surface area contributed by atoms with Crippen molar-refractivity contribution in [2.24, 2.45) is 0 Å². The highest BCUT2D eigenvalue weighted by Gasteiger charge is 2.50. The smallest absolute Gasteiger partial charge is 0.306 e. The van der Waals surface area contributed by atoms with E-state index in [1.54, 1.807) is 24.3 Å². The van der Waals surface area contributed by atoms with Gasteiger partial charge in [0.25, 0.3) is 11.8 Å². The molecule has 0 aromatic heterocycles. The highest BCUT2D eigenvalue weighted by atomic mass is 16.7. The number of carbonyl (C=O) groups is 3. The number of hydrogen-bond acceptors (Lipinski definition) is 8. The molecule has 1 saturated heterocycles. The lowest BCUT2D eigenvalue weighted by Gasteiger charge is -2.46. The van der Waals surface area contributed by atoms with E-state index in [-0.39, 0.29) is 44.0 Å². The van der Waals surface area contributed by atoms with Crippen LogP contribution in [0.2, 0.25) is 0 Å². The van der Waals surface area contributed by atoms with Crippen LogP contribution in [0.1, 0.15) is 43.8 Å². The molecule has 2 aliphatic rings. The lowest BCUT2D eigenvalue weighted by atomic mass is 9.92. The Bertz CT molecular complexity index is 1620. The van der Waals surface area contributed by atoms with Gasteiger partial charge in [-0.1, -0.05) is 103 Å². The average Bonchev–Trinajstić information content (AvgIpc) is 3.34. The third kappa shape index (κ3) is 7.82. The largest absolute Gasteiger partial charge is 0.481 e. The molecule has 6 rings (SSSR count). The molecule has 1 fully saturated rings. The van der Waals surface area contributed by atoms with E-state index in [1.165, 1.54) is 0 Å². The van der Waals surface area contributed by atoms with Crippen LogP contribution in [-0.4, -0.2) is 65.1 Å². The number of ether oxygens (including phenoxy) is 4. The second-order valence-electron chi connectivity index (χ2n) is 11.3. The van der Waals surface area contributed by atoms with Gasteiger partial charge in [-0.2, -0.15) is 0 Å². The van der Waals surface area contributed by atoms with Crippen molar-refractivity contribution in [1.29, 1.82) is 0 Å². The summed E-state index contributed by atoms with van der Waals surface area (Å²) in [6.45, 7) is 0.252. The number of carbonyl (C=O) groups excluding carboxylic acids is 2. The molecule has 10 heteroatoms. The highest BCUT2D eigenvalue weighted by Crippen LogP contribution is 2.33. The number of fused-ring (bicyclic) bond motifs is 1. The molecule has 10 nitrogen and oxygen atoms in total. The number of carboxylic acids is 1. The second kappa shape index (κ2) is 15.3. The molecule has 4 aromatic carbocycles. The van der Waals surface area contributed by atoms with Crippen LogP contribution in [0.25, 0.3) is 0 Å². The molecule has 4 aromatic rings. The maximum atomic E-state index is 13.1. The molecule has 1 N–H and O–H groups in total. The maximum absolute atomic E-state index is 13.1. The summed E-state index contributed by atoms with van der Waals surface area (Å²) in [5, 5.41) is 10.6. The van der Waals surface area contributed by atoms with Crippen LogP contribution in [0.15, 0.2) is 115 Å². The van der Waals surface area contributed by atoms with E-state index in [1.807, 2.05) is 91.0 Å². The van der Waals surface area contributed by atoms with Crippen molar-refractivity contribution in [3.05, 3.63) is 143 Å². The molecule has 0 spiro atoms. The van der Waals surface area contributed by atoms with E-state index in [0.717, 1.165) is 16.7 Å². The van der Waals surface area contributed by atoms with Gasteiger partial charge < -0.3 is 24.1 Å². The summed E-state index contributed by atoms with van der Waals surface area (Å²) in [6.07, 6.45) is -4.82. The Kier molecular flexibility index (Phi) is 10.5. The molecule has 0 saturated carbocycles. The molecule has 0 unspecified atom stereocenters. The fraction of sp³-hybridized carbons (Fsp3) is 0.270. The van der Waals surface area contributed by atoms with Crippen molar-refractivity contribution in [1.82, 2.24) is 5.06 Å². The molecule has 0 radical (unpaired) electrons. The van der Waals surface area contributed by atoms with Crippen LogP contribution in [0.4, 0.5) is 0 Å². The molecule has 242 valence electrons. The summed E-state index contributed by atoms with van der Waals surface area (Å²) in [5.74, 6) is -2.27. The summed E-state index contributed by atoms with van der Waals surface area (Å²) in [5.41, 5.74) is 3.16. The fourth-order valence-corrected chi connectivity index (χ4v) is 5.79. The Hall–Kier alpha value is -4.71. The molecule has 2 heterocycles. The normalized spacial score (nSPS) is 22.3. The van der Waals surface area contributed by atoms with Gasteiger partial charge in [-0.25, -0.2) is 0 Å². The van der Waals surface area contributed by atoms with Crippen LogP contribution in [-0.2, 0) is 48.4 Å². The number of imide groups is 1. The monoisotopic (exact) mass is 637 g/mol. The third-order valence-corrected chi connectivity index (χ3v) is 8.09. The molecule has 2 aliphatic heterocycles. The van der Waals surface area contributed by atoms with Gasteiger partial charge in [0.1, 0.15) is 31.0 Å². The van der Waals surface area contributed by atoms with Gasteiger partial charge in [0.15, 0.2) is 0 Å².